The summed E-state index contributed by atoms with van der Waals surface area (Å²) >= 11 is 1.78. The van der Waals surface area contributed by atoms with Gasteiger partial charge in [0.25, 0.3) is 0 Å². The molecular formula is C10H19N3S. The van der Waals surface area contributed by atoms with E-state index in [1.165, 1.54) is 4.88 Å². The molecule has 4 heteroatoms. The number of aryl methyl sites for hydroxylation is 1. The fraction of sp³-hybridized carbons (Fsp3) is 0.700. The number of aromatic nitrogens is 1. The molecule has 0 amide bonds. The van der Waals surface area contributed by atoms with Gasteiger partial charge < -0.3 is 10.6 Å². The summed E-state index contributed by atoms with van der Waals surface area (Å²) in [5, 5.41) is 1.14. The highest BCUT2D eigenvalue weighted by molar-refractivity contribution is 7.11. The standard InChI is InChI=1S/C10H19N3S/c1-8-12-7-10(14-8)6-9(4-5-11)13(2)3/h7,9H,4-6,11H2,1-3H3. The quantitative estimate of drug-likeness (QED) is 0.801. The van der Waals surface area contributed by atoms with Gasteiger partial charge in [0, 0.05) is 17.1 Å². The molecule has 0 saturated heterocycles. The Morgan fingerprint density at radius 3 is 2.71 bits per heavy atom. The van der Waals surface area contributed by atoms with Crippen molar-refractivity contribution in [2.24, 2.45) is 5.73 Å². The smallest absolute Gasteiger partial charge is 0.0896 e. The minimum atomic E-state index is 0.542. The Balaban J connectivity index is 2.55. The molecule has 1 aromatic heterocycles. The Morgan fingerprint density at radius 2 is 2.29 bits per heavy atom. The Morgan fingerprint density at radius 1 is 1.57 bits per heavy atom. The maximum Gasteiger partial charge on any atom is 0.0896 e. The summed E-state index contributed by atoms with van der Waals surface area (Å²) in [5.41, 5.74) is 5.59. The Labute approximate surface area is 89.9 Å². The first-order valence-electron chi connectivity index (χ1n) is 4.91. The van der Waals surface area contributed by atoms with Crippen LogP contribution in [0.5, 0.6) is 0 Å². The van der Waals surface area contributed by atoms with Gasteiger partial charge in [0.1, 0.15) is 0 Å². The largest absolute Gasteiger partial charge is 0.330 e. The highest BCUT2D eigenvalue weighted by atomic mass is 32.1. The first-order valence-corrected chi connectivity index (χ1v) is 5.73. The van der Waals surface area contributed by atoms with Crippen LogP contribution in [0.15, 0.2) is 6.20 Å². The molecule has 0 aliphatic rings. The predicted molar refractivity (Wildman–Crippen MR) is 61.7 cm³/mol. The average Bonchev–Trinajstić information content (AvgIpc) is 2.50. The van der Waals surface area contributed by atoms with E-state index in [1.807, 2.05) is 13.1 Å². The molecule has 0 bridgehead atoms. The van der Waals surface area contributed by atoms with Crippen LogP contribution < -0.4 is 5.73 Å². The number of hydrogen-bond donors (Lipinski definition) is 1. The number of hydrogen-bond acceptors (Lipinski definition) is 4. The second kappa shape index (κ2) is 5.44. The molecule has 14 heavy (non-hydrogen) atoms. The highest BCUT2D eigenvalue weighted by Crippen LogP contribution is 2.16. The lowest BCUT2D eigenvalue weighted by atomic mass is 10.1. The van der Waals surface area contributed by atoms with Crippen molar-refractivity contribution < 1.29 is 0 Å². The van der Waals surface area contributed by atoms with E-state index in [4.69, 9.17) is 5.73 Å². The van der Waals surface area contributed by atoms with Gasteiger partial charge >= 0.3 is 0 Å². The second-order valence-electron chi connectivity index (χ2n) is 3.74. The number of rotatable bonds is 5. The van der Waals surface area contributed by atoms with Crippen molar-refractivity contribution in [1.29, 1.82) is 0 Å². The Kier molecular flexibility index (Phi) is 4.51. The highest BCUT2D eigenvalue weighted by Gasteiger charge is 2.12. The zero-order valence-corrected chi connectivity index (χ0v) is 9.97. The van der Waals surface area contributed by atoms with Crippen LogP contribution in [-0.2, 0) is 6.42 Å². The van der Waals surface area contributed by atoms with Gasteiger partial charge in [0.15, 0.2) is 0 Å². The van der Waals surface area contributed by atoms with Gasteiger partial charge in [-0.1, -0.05) is 0 Å². The third kappa shape index (κ3) is 3.36. The van der Waals surface area contributed by atoms with Crippen molar-refractivity contribution in [2.45, 2.75) is 25.8 Å². The minimum Gasteiger partial charge on any atom is -0.330 e. The van der Waals surface area contributed by atoms with Gasteiger partial charge in [0.2, 0.25) is 0 Å². The van der Waals surface area contributed by atoms with E-state index in [0.717, 1.165) is 24.4 Å². The van der Waals surface area contributed by atoms with Crippen LogP contribution in [0.4, 0.5) is 0 Å². The summed E-state index contributed by atoms with van der Waals surface area (Å²) in [5.74, 6) is 0. The van der Waals surface area contributed by atoms with Crippen LogP contribution in [-0.4, -0.2) is 36.6 Å². The van der Waals surface area contributed by atoms with Crippen molar-refractivity contribution in [1.82, 2.24) is 9.88 Å². The average molecular weight is 213 g/mol. The third-order valence-electron chi connectivity index (χ3n) is 2.34. The molecule has 0 saturated carbocycles. The van der Waals surface area contributed by atoms with Crippen molar-refractivity contribution in [3.63, 3.8) is 0 Å². The normalized spacial score (nSPS) is 13.5. The lowest BCUT2D eigenvalue weighted by Crippen LogP contribution is -2.31. The minimum absolute atomic E-state index is 0.542. The molecule has 1 atom stereocenters. The monoisotopic (exact) mass is 213 g/mol. The van der Waals surface area contributed by atoms with Crippen molar-refractivity contribution in [2.75, 3.05) is 20.6 Å². The fourth-order valence-electron chi connectivity index (χ4n) is 1.47. The molecule has 0 aromatic carbocycles. The van der Waals surface area contributed by atoms with E-state index in [-0.39, 0.29) is 0 Å². The van der Waals surface area contributed by atoms with Crippen molar-refractivity contribution in [3.8, 4) is 0 Å². The first-order chi connectivity index (χ1) is 6.63. The molecule has 1 unspecified atom stereocenters. The second-order valence-corrected chi connectivity index (χ2v) is 5.06. The zero-order valence-electron chi connectivity index (χ0n) is 9.16. The van der Waals surface area contributed by atoms with Gasteiger partial charge in [-0.2, -0.15) is 0 Å². The lowest BCUT2D eigenvalue weighted by molar-refractivity contribution is 0.280. The summed E-state index contributed by atoms with van der Waals surface area (Å²) in [6.45, 7) is 2.79. The SMILES string of the molecule is Cc1ncc(CC(CCN)N(C)C)s1. The van der Waals surface area contributed by atoms with Crippen LogP contribution >= 0.6 is 11.3 Å². The van der Waals surface area contributed by atoms with Crippen LogP contribution in [0.25, 0.3) is 0 Å². The third-order valence-corrected chi connectivity index (χ3v) is 3.27. The Bertz CT molecular complexity index is 270. The molecule has 0 fully saturated rings. The van der Waals surface area contributed by atoms with Gasteiger partial charge in [-0.05, 0) is 40.4 Å². The topological polar surface area (TPSA) is 42.1 Å². The van der Waals surface area contributed by atoms with E-state index in [2.05, 4.69) is 24.0 Å². The first kappa shape index (κ1) is 11.6. The summed E-state index contributed by atoms with van der Waals surface area (Å²) in [4.78, 5) is 7.85. The fourth-order valence-corrected chi connectivity index (χ4v) is 2.33. The van der Waals surface area contributed by atoms with E-state index in [1.54, 1.807) is 11.3 Å². The number of nitrogens with two attached hydrogens (primary N) is 1. The zero-order chi connectivity index (χ0) is 10.6. The molecule has 0 spiro atoms. The number of nitrogens with zero attached hydrogens (tertiary/aromatic N) is 2. The summed E-state index contributed by atoms with van der Waals surface area (Å²) in [6, 6.07) is 0.542. The van der Waals surface area contributed by atoms with Gasteiger partial charge in [-0.3, -0.25) is 0 Å². The van der Waals surface area contributed by atoms with Crippen molar-refractivity contribution in [3.05, 3.63) is 16.1 Å². The summed E-state index contributed by atoms with van der Waals surface area (Å²) in [6.07, 6.45) is 4.09. The molecule has 0 aliphatic heterocycles. The molecule has 2 N–H and O–H groups in total. The molecular weight excluding hydrogens is 194 g/mol. The van der Waals surface area contributed by atoms with E-state index in [9.17, 15) is 0 Å². The van der Waals surface area contributed by atoms with Crippen LogP contribution in [0.1, 0.15) is 16.3 Å². The predicted octanol–water partition coefficient (Wildman–Crippen LogP) is 1.27. The van der Waals surface area contributed by atoms with Crippen molar-refractivity contribution >= 4 is 11.3 Å². The maximum atomic E-state index is 5.59. The maximum absolute atomic E-state index is 5.59. The van der Waals surface area contributed by atoms with Crippen LogP contribution in [0.2, 0.25) is 0 Å². The molecule has 1 rings (SSSR count). The molecule has 80 valence electrons. The van der Waals surface area contributed by atoms with E-state index < -0.39 is 0 Å². The van der Waals surface area contributed by atoms with Gasteiger partial charge in [-0.15, -0.1) is 11.3 Å². The van der Waals surface area contributed by atoms with Gasteiger partial charge in [-0.25, -0.2) is 4.98 Å². The lowest BCUT2D eigenvalue weighted by Gasteiger charge is -2.22. The summed E-state index contributed by atoms with van der Waals surface area (Å²) < 4.78 is 0. The molecule has 3 nitrogen and oxygen atoms in total. The van der Waals surface area contributed by atoms with E-state index in [0.29, 0.717) is 6.04 Å². The molecule has 1 aromatic rings. The number of likely N-dealkylation sites (N-methyl/N-ethyl adjacent to an activating group) is 1. The number of thiazole rings is 1. The molecule has 0 aliphatic carbocycles. The molecule has 1 heterocycles. The summed E-state index contributed by atoms with van der Waals surface area (Å²) in [7, 11) is 4.21. The van der Waals surface area contributed by atoms with Crippen LogP contribution in [0.3, 0.4) is 0 Å². The Hall–Kier alpha value is -0.450. The van der Waals surface area contributed by atoms with Gasteiger partial charge in [0.05, 0.1) is 5.01 Å². The molecule has 0 radical (unpaired) electrons. The van der Waals surface area contributed by atoms with E-state index >= 15 is 0 Å². The van der Waals surface area contributed by atoms with Crippen LogP contribution in [0, 0.1) is 6.92 Å².